The van der Waals surface area contributed by atoms with Gasteiger partial charge in [-0.15, -0.1) is 0 Å². The van der Waals surface area contributed by atoms with Crippen LogP contribution in [0.1, 0.15) is 10.4 Å². The van der Waals surface area contributed by atoms with E-state index in [9.17, 15) is 13.2 Å². The lowest BCUT2D eigenvalue weighted by atomic mass is 10.1. The van der Waals surface area contributed by atoms with Crippen molar-refractivity contribution < 1.29 is 22.7 Å². The molecule has 7 heteroatoms. The lowest BCUT2D eigenvalue weighted by molar-refractivity contribution is 0.0982. The van der Waals surface area contributed by atoms with Gasteiger partial charge >= 0.3 is 0 Å². The third-order valence-corrected chi connectivity index (χ3v) is 5.51. The van der Waals surface area contributed by atoms with Crippen molar-refractivity contribution in [1.29, 1.82) is 0 Å². The molecule has 1 heterocycles. The van der Waals surface area contributed by atoms with E-state index in [1.54, 1.807) is 42.5 Å². The van der Waals surface area contributed by atoms with Gasteiger partial charge in [0.2, 0.25) is 0 Å². The Balaban J connectivity index is 2.10. The van der Waals surface area contributed by atoms with Crippen LogP contribution in [0.25, 0.3) is 0 Å². The molecule has 136 valence electrons. The van der Waals surface area contributed by atoms with Crippen LogP contribution >= 0.6 is 0 Å². The molecule has 0 spiro atoms. The molecule has 0 radical (unpaired) electrons. The number of carbonyl (C=O) groups is 1. The minimum Gasteiger partial charge on any atom is -0.497 e. The number of hydrogen-bond donors (Lipinski definition) is 0. The molecule has 1 unspecified atom stereocenters. The number of hydrogen-bond acceptors (Lipinski definition) is 5. The fraction of sp³-hybridized carbons (Fsp3) is 0.211. The van der Waals surface area contributed by atoms with Gasteiger partial charge in [0.25, 0.3) is 5.91 Å². The Morgan fingerprint density at radius 3 is 2.38 bits per heavy atom. The Kier molecular flexibility index (Phi) is 4.99. The first kappa shape index (κ1) is 18.0. The fourth-order valence-electron chi connectivity index (χ4n) is 2.86. The van der Waals surface area contributed by atoms with Gasteiger partial charge in [0, 0.05) is 17.0 Å². The molecule has 0 aliphatic carbocycles. The molecule has 0 aromatic heterocycles. The molecule has 0 saturated heterocycles. The van der Waals surface area contributed by atoms with E-state index < -0.39 is 15.9 Å². The van der Waals surface area contributed by atoms with E-state index in [1.807, 2.05) is 6.07 Å². The van der Waals surface area contributed by atoms with Gasteiger partial charge in [-0.2, -0.15) is 0 Å². The number of methoxy groups -OCH3 is 2. The van der Waals surface area contributed by atoms with Crippen LogP contribution in [0.15, 0.2) is 60.0 Å². The number of sulfone groups is 1. The maximum Gasteiger partial charge on any atom is 0.258 e. The number of benzene rings is 2. The zero-order chi connectivity index (χ0) is 18.7. The zero-order valence-electron chi connectivity index (χ0n) is 14.5. The Labute approximate surface area is 152 Å². The second-order valence-electron chi connectivity index (χ2n) is 5.80. The van der Waals surface area contributed by atoms with Crippen LogP contribution in [0.2, 0.25) is 0 Å². The average Bonchev–Trinajstić information content (AvgIpc) is 3.02. The second-order valence-corrected chi connectivity index (χ2v) is 7.74. The van der Waals surface area contributed by atoms with E-state index in [-0.39, 0.29) is 11.7 Å². The van der Waals surface area contributed by atoms with Crippen molar-refractivity contribution in [3.8, 4) is 11.5 Å². The summed E-state index contributed by atoms with van der Waals surface area (Å²) in [7, 11) is -0.310. The van der Waals surface area contributed by atoms with Crippen LogP contribution in [-0.2, 0) is 9.84 Å². The first-order chi connectivity index (χ1) is 12.4. The SMILES string of the molecule is COc1ccc(N(C(=O)c2ccccc2)C2C=CS(=O)(=O)C2)c(OC)c1. The third kappa shape index (κ3) is 3.57. The van der Waals surface area contributed by atoms with E-state index in [1.165, 1.54) is 25.2 Å². The highest BCUT2D eigenvalue weighted by Crippen LogP contribution is 2.35. The summed E-state index contributed by atoms with van der Waals surface area (Å²) in [5, 5.41) is 1.15. The summed E-state index contributed by atoms with van der Waals surface area (Å²) < 4.78 is 34.5. The molecular weight excluding hydrogens is 354 g/mol. The number of anilines is 1. The summed E-state index contributed by atoms with van der Waals surface area (Å²) in [6, 6.07) is 13.2. The fourth-order valence-corrected chi connectivity index (χ4v) is 4.13. The first-order valence-electron chi connectivity index (χ1n) is 7.97. The molecule has 2 aromatic carbocycles. The van der Waals surface area contributed by atoms with Crippen LogP contribution in [0.5, 0.6) is 11.5 Å². The molecule has 1 atom stereocenters. The first-order valence-corrected chi connectivity index (χ1v) is 9.68. The van der Waals surface area contributed by atoms with Crippen molar-refractivity contribution in [2.45, 2.75) is 6.04 Å². The molecule has 6 nitrogen and oxygen atoms in total. The summed E-state index contributed by atoms with van der Waals surface area (Å²) in [6.45, 7) is 0. The third-order valence-electron chi connectivity index (χ3n) is 4.13. The van der Waals surface area contributed by atoms with Crippen LogP contribution in [0, 0.1) is 0 Å². The van der Waals surface area contributed by atoms with E-state index in [2.05, 4.69) is 0 Å². The number of nitrogens with zero attached hydrogens (tertiary/aromatic N) is 1. The molecule has 0 fully saturated rings. The van der Waals surface area contributed by atoms with Crippen LogP contribution in [-0.4, -0.2) is 40.3 Å². The quantitative estimate of drug-likeness (QED) is 0.806. The Hall–Kier alpha value is -2.80. The maximum atomic E-state index is 13.2. The minimum absolute atomic E-state index is 0.166. The Morgan fingerprint density at radius 2 is 1.81 bits per heavy atom. The minimum atomic E-state index is -3.34. The predicted molar refractivity (Wildman–Crippen MR) is 99.5 cm³/mol. The lowest BCUT2D eigenvalue weighted by Gasteiger charge is -2.29. The normalized spacial score (nSPS) is 17.7. The predicted octanol–water partition coefficient (Wildman–Crippen LogP) is 2.66. The van der Waals surface area contributed by atoms with Gasteiger partial charge in [-0.1, -0.05) is 18.2 Å². The van der Waals surface area contributed by atoms with Crippen molar-refractivity contribution in [2.75, 3.05) is 24.9 Å². The highest BCUT2D eigenvalue weighted by Gasteiger charge is 2.33. The molecule has 26 heavy (non-hydrogen) atoms. The van der Waals surface area contributed by atoms with Gasteiger partial charge in [-0.05, 0) is 30.3 Å². The van der Waals surface area contributed by atoms with Crippen molar-refractivity contribution in [1.82, 2.24) is 0 Å². The number of ether oxygens (including phenoxy) is 2. The topological polar surface area (TPSA) is 72.9 Å². The largest absolute Gasteiger partial charge is 0.497 e. The number of rotatable bonds is 5. The average molecular weight is 373 g/mol. The Morgan fingerprint density at radius 1 is 1.08 bits per heavy atom. The molecule has 1 aliphatic rings. The van der Waals surface area contributed by atoms with Crippen LogP contribution < -0.4 is 14.4 Å². The van der Waals surface area contributed by atoms with E-state index >= 15 is 0 Å². The maximum absolute atomic E-state index is 13.2. The van der Waals surface area contributed by atoms with Crippen LogP contribution in [0.3, 0.4) is 0 Å². The molecule has 1 aliphatic heterocycles. The number of amides is 1. The molecule has 0 N–H and O–H groups in total. The van der Waals surface area contributed by atoms with Crippen molar-refractivity contribution >= 4 is 21.4 Å². The summed E-state index contributed by atoms with van der Waals surface area (Å²) >= 11 is 0. The summed E-state index contributed by atoms with van der Waals surface area (Å²) in [5.74, 6) is 0.528. The highest BCUT2D eigenvalue weighted by molar-refractivity contribution is 7.94. The van der Waals surface area contributed by atoms with E-state index in [0.29, 0.717) is 22.7 Å². The van der Waals surface area contributed by atoms with Crippen LogP contribution in [0.4, 0.5) is 5.69 Å². The van der Waals surface area contributed by atoms with Crippen molar-refractivity contribution in [3.05, 3.63) is 65.6 Å². The van der Waals surface area contributed by atoms with Crippen molar-refractivity contribution in [2.24, 2.45) is 0 Å². The second kappa shape index (κ2) is 7.21. The lowest BCUT2D eigenvalue weighted by Crippen LogP contribution is -2.41. The number of carbonyl (C=O) groups excluding carboxylic acids is 1. The van der Waals surface area contributed by atoms with Gasteiger partial charge < -0.3 is 9.47 Å². The van der Waals surface area contributed by atoms with Gasteiger partial charge in [0.1, 0.15) is 11.5 Å². The zero-order valence-corrected chi connectivity index (χ0v) is 15.3. The Bertz CT molecular complexity index is 938. The van der Waals surface area contributed by atoms with Gasteiger partial charge in [0.15, 0.2) is 9.84 Å². The molecule has 0 saturated carbocycles. The highest BCUT2D eigenvalue weighted by atomic mass is 32.2. The molecular formula is C19H19NO5S. The van der Waals surface area contributed by atoms with Gasteiger partial charge in [-0.3, -0.25) is 9.69 Å². The molecule has 1 amide bonds. The monoisotopic (exact) mass is 373 g/mol. The van der Waals surface area contributed by atoms with E-state index in [0.717, 1.165) is 5.41 Å². The van der Waals surface area contributed by atoms with Gasteiger partial charge in [-0.25, -0.2) is 8.42 Å². The molecule has 2 aromatic rings. The van der Waals surface area contributed by atoms with Gasteiger partial charge in [0.05, 0.1) is 31.7 Å². The summed E-state index contributed by atoms with van der Waals surface area (Å²) in [6.07, 6.45) is 1.53. The summed E-state index contributed by atoms with van der Waals surface area (Å²) in [5.41, 5.74) is 0.942. The smallest absolute Gasteiger partial charge is 0.258 e. The standard InChI is InChI=1S/C19H19NO5S/c1-24-16-8-9-17(18(12-16)25-2)20(15-10-11-26(22,23)13-15)19(21)14-6-4-3-5-7-14/h3-12,15H,13H2,1-2H3. The van der Waals surface area contributed by atoms with E-state index in [4.69, 9.17) is 9.47 Å². The molecule has 0 bridgehead atoms. The summed E-state index contributed by atoms with van der Waals surface area (Å²) in [4.78, 5) is 14.6. The van der Waals surface area contributed by atoms with Crippen molar-refractivity contribution in [3.63, 3.8) is 0 Å². The molecule has 3 rings (SSSR count).